The minimum absolute atomic E-state index is 0.927. The first kappa shape index (κ1) is 25.4. The third kappa shape index (κ3) is 4.05. The minimum atomic E-state index is 0.927. The van der Waals surface area contributed by atoms with Crippen LogP contribution in [0.4, 0.5) is 0 Å². The van der Waals surface area contributed by atoms with E-state index in [0.29, 0.717) is 0 Å². The molecule has 210 valence electrons. The average Bonchev–Trinajstić information content (AvgIpc) is 3.51. The van der Waals surface area contributed by atoms with Gasteiger partial charge in [-0.15, -0.1) is 0 Å². The van der Waals surface area contributed by atoms with E-state index < -0.39 is 0 Å². The first-order valence-corrected chi connectivity index (χ1v) is 15.3. The number of nitrogens with zero attached hydrogens (tertiary/aromatic N) is 3. The topological polar surface area (TPSA) is 30.7 Å². The van der Waals surface area contributed by atoms with Gasteiger partial charge in [-0.05, 0) is 79.5 Å². The second-order valence-electron chi connectivity index (χ2n) is 11.4. The number of imidazole rings is 1. The Kier molecular flexibility index (Phi) is 5.82. The van der Waals surface area contributed by atoms with Crippen LogP contribution in [-0.4, -0.2) is 14.5 Å². The molecule has 0 N–H and O–H groups in total. The molecule has 9 rings (SSSR count). The fourth-order valence-electron chi connectivity index (χ4n) is 6.91. The normalized spacial score (nSPS) is 11.6. The molecule has 0 spiro atoms. The van der Waals surface area contributed by atoms with Crippen LogP contribution < -0.4 is 0 Å². The van der Waals surface area contributed by atoms with Crippen LogP contribution in [0.15, 0.2) is 164 Å². The highest BCUT2D eigenvalue weighted by Gasteiger charge is 2.19. The van der Waals surface area contributed by atoms with Crippen molar-refractivity contribution in [2.24, 2.45) is 0 Å². The average molecular weight is 574 g/mol. The number of para-hydroxylation sites is 3. The van der Waals surface area contributed by atoms with E-state index in [-0.39, 0.29) is 0 Å². The molecule has 3 heteroatoms. The maximum absolute atomic E-state index is 5.08. The van der Waals surface area contributed by atoms with Gasteiger partial charge in [0.15, 0.2) is 0 Å². The van der Waals surface area contributed by atoms with Crippen molar-refractivity contribution in [1.29, 1.82) is 0 Å². The zero-order chi connectivity index (χ0) is 29.7. The third-order valence-corrected chi connectivity index (χ3v) is 8.89. The number of rotatable bonds is 4. The Morgan fingerprint density at radius 2 is 1.09 bits per heavy atom. The quantitative estimate of drug-likeness (QED) is 0.196. The van der Waals surface area contributed by atoms with E-state index in [1.165, 1.54) is 43.6 Å². The van der Waals surface area contributed by atoms with Crippen LogP contribution in [0.3, 0.4) is 0 Å². The highest BCUT2D eigenvalue weighted by atomic mass is 15.1. The lowest BCUT2D eigenvalue weighted by Gasteiger charge is -2.18. The lowest BCUT2D eigenvalue weighted by Crippen LogP contribution is -1.97. The Hall–Kier alpha value is -6.06. The van der Waals surface area contributed by atoms with Crippen LogP contribution in [-0.2, 0) is 0 Å². The molecule has 3 nitrogen and oxygen atoms in total. The van der Waals surface area contributed by atoms with Crippen LogP contribution in [0, 0.1) is 0 Å². The highest BCUT2D eigenvalue weighted by Crippen LogP contribution is 2.45. The molecule has 0 saturated heterocycles. The van der Waals surface area contributed by atoms with Gasteiger partial charge in [0.05, 0.1) is 11.0 Å². The predicted molar refractivity (Wildman–Crippen MR) is 188 cm³/mol. The molecular formula is C42H27N3. The Balaban J connectivity index is 1.27. The van der Waals surface area contributed by atoms with Gasteiger partial charge in [-0.25, -0.2) is 4.98 Å². The monoisotopic (exact) mass is 573 g/mol. The summed E-state index contributed by atoms with van der Waals surface area (Å²) in [4.78, 5) is 9.71. The summed E-state index contributed by atoms with van der Waals surface area (Å²) in [5, 5.41) is 7.28. The van der Waals surface area contributed by atoms with Crippen molar-refractivity contribution in [3.8, 4) is 39.3 Å². The summed E-state index contributed by atoms with van der Waals surface area (Å²) in [6.45, 7) is 0. The van der Waals surface area contributed by atoms with Crippen molar-refractivity contribution in [3.05, 3.63) is 164 Å². The van der Waals surface area contributed by atoms with Crippen LogP contribution in [0.25, 0.3) is 82.7 Å². The van der Waals surface area contributed by atoms with Gasteiger partial charge in [-0.2, -0.15) is 0 Å². The van der Waals surface area contributed by atoms with E-state index in [4.69, 9.17) is 4.98 Å². The maximum Gasteiger partial charge on any atom is 0.145 e. The van der Waals surface area contributed by atoms with Gasteiger partial charge in [0.2, 0.25) is 0 Å². The highest BCUT2D eigenvalue weighted by molar-refractivity contribution is 6.23. The van der Waals surface area contributed by atoms with Gasteiger partial charge in [0.1, 0.15) is 5.82 Å². The lowest BCUT2D eigenvalue weighted by molar-refractivity contribution is 1.10. The van der Waals surface area contributed by atoms with Crippen molar-refractivity contribution < 1.29 is 0 Å². The van der Waals surface area contributed by atoms with E-state index >= 15 is 0 Å². The van der Waals surface area contributed by atoms with Crippen LogP contribution >= 0.6 is 0 Å². The molecule has 2 heterocycles. The molecule has 0 fully saturated rings. The molecule has 0 radical (unpaired) electrons. The standard InChI is InChI=1S/C42H27N3/c1-2-13-31(14-3-1)45-39-20-9-8-19-38(39)44-42(45)30-23-21-29(22-24-30)40-34-16-6-7-17-35(34)41(36-25-26-43-27-37(36)40)33-18-10-12-28-11-4-5-15-32(28)33/h1-27H. The fourth-order valence-corrected chi connectivity index (χ4v) is 6.91. The Bertz CT molecular complexity index is 2460. The molecule has 0 aliphatic heterocycles. The molecule has 0 atom stereocenters. The van der Waals surface area contributed by atoms with Crippen molar-refractivity contribution in [2.45, 2.75) is 0 Å². The number of pyridine rings is 1. The molecule has 2 aromatic heterocycles. The zero-order valence-electron chi connectivity index (χ0n) is 24.4. The van der Waals surface area contributed by atoms with Crippen LogP contribution in [0.2, 0.25) is 0 Å². The van der Waals surface area contributed by atoms with Gasteiger partial charge < -0.3 is 0 Å². The summed E-state index contributed by atoms with van der Waals surface area (Å²) in [6.07, 6.45) is 3.93. The largest absolute Gasteiger partial charge is 0.292 e. The van der Waals surface area contributed by atoms with Gasteiger partial charge in [0, 0.05) is 29.0 Å². The minimum Gasteiger partial charge on any atom is -0.292 e. The molecule has 45 heavy (non-hydrogen) atoms. The zero-order valence-corrected chi connectivity index (χ0v) is 24.4. The summed E-state index contributed by atoms with van der Waals surface area (Å²) < 4.78 is 2.25. The van der Waals surface area contributed by atoms with Gasteiger partial charge >= 0.3 is 0 Å². The SMILES string of the molecule is c1ccc(-n2c(-c3ccc(-c4c5ccccc5c(-c5cccc6ccccc56)c5ccncc45)cc3)nc3ccccc32)cc1. The second kappa shape index (κ2) is 10.3. The van der Waals surface area contributed by atoms with E-state index in [2.05, 4.69) is 149 Å². The van der Waals surface area contributed by atoms with Crippen molar-refractivity contribution in [1.82, 2.24) is 14.5 Å². The Labute approximate surface area is 260 Å². The van der Waals surface area contributed by atoms with E-state index in [1.807, 2.05) is 24.5 Å². The number of hydrogen-bond donors (Lipinski definition) is 0. The van der Waals surface area contributed by atoms with Crippen LogP contribution in [0.5, 0.6) is 0 Å². The number of hydrogen-bond acceptors (Lipinski definition) is 2. The van der Waals surface area contributed by atoms with E-state index in [1.54, 1.807) is 0 Å². The van der Waals surface area contributed by atoms with Gasteiger partial charge in [-0.1, -0.05) is 121 Å². The summed E-state index contributed by atoms with van der Waals surface area (Å²) in [5.74, 6) is 0.927. The Morgan fingerprint density at radius 3 is 1.93 bits per heavy atom. The number of fused-ring (bicyclic) bond motifs is 4. The van der Waals surface area contributed by atoms with Gasteiger partial charge in [-0.3, -0.25) is 9.55 Å². The summed E-state index contributed by atoms with van der Waals surface area (Å²) in [5.41, 5.74) is 9.07. The molecule has 7 aromatic carbocycles. The van der Waals surface area contributed by atoms with Crippen molar-refractivity contribution in [3.63, 3.8) is 0 Å². The van der Waals surface area contributed by atoms with Crippen LogP contribution in [0.1, 0.15) is 0 Å². The molecular weight excluding hydrogens is 546 g/mol. The van der Waals surface area contributed by atoms with Gasteiger partial charge in [0.25, 0.3) is 0 Å². The number of benzene rings is 7. The lowest BCUT2D eigenvalue weighted by atomic mass is 9.85. The summed E-state index contributed by atoms with van der Waals surface area (Å²) in [6, 6.07) is 53.8. The maximum atomic E-state index is 5.08. The molecule has 9 aromatic rings. The molecule has 0 amide bonds. The first-order valence-electron chi connectivity index (χ1n) is 15.3. The smallest absolute Gasteiger partial charge is 0.145 e. The van der Waals surface area contributed by atoms with E-state index in [9.17, 15) is 0 Å². The summed E-state index contributed by atoms with van der Waals surface area (Å²) in [7, 11) is 0. The van der Waals surface area contributed by atoms with E-state index in [0.717, 1.165) is 39.1 Å². The number of aromatic nitrogens is 3. The third-order valence-electron chi connectivity index (χ3n) is 8.89. The Morgan fingerprint density at radius 1 is 0.444 bits per heavy atom. The second-order valence-corrected chi connectivity index (χ2v) is 11.4. The molecule has 0 unspecified atom stereocenters. The van der Waals surface area contributed by atoms with Crippen molar-refractivity contribution >= 4 is 43.4 Å². The fraction of sp³-hybridized carbons (Fsp3) is 0. The van der Waals surface area contributed by atoms with Crippen molar-refractivity contribution in [2.75, 3.05) is 0 Å². The molecule has 0 aliphatic rings. The molecule has 0 saturated carbocycles. The molecule has 0 aliphatic carbocycles. The summed E-state index contributed by atoms with van der Waals surface area (Å²) >= 11 is 0. The molecule has 0 bridgehead atoms. The first-order chi connectivity index (χ1) is 22.3. The predicted octanol–water partition coefficient (Wildman–Crippen LogP) is 10.9.